The highest BCUT2D eigenvalue weighted by atomic mass is 32.3. The average Bonchev–Trinajstić information content (AvgIpc) is 2.27. The molecule has 0 aliphatic carbocycles. The third-order valence-electron chi connectivity index (χ3n) is 2.86. The second-order valence-corrected chi connectivity index (χ2v) is 6.33. The highest BCUT2D eigenvalue weighted by molar-refractivity contribution is 8.08. The van der Waals surface area contributed by atoms with Crippen molar-refractivity contribution in [1.82, 2.24) is 0 Å². The summed E-state index contributed by atoms with van der Waals surface area (Å²) in [5.74, 6) is 0.699. The monoisotopic (exact) mass is 267 g/mol. The summed E-state index contributed by atoms with van der Waals surface area (Å²) in [7, 11) is -4.13. The Bertz CT molecular complexity index is 679. The number of sulfonamides is 3. The van der Waals surface area contributed by atoms with Crippen molar-refractivity contribution in [1.29, 1.82) is 0 Å². The highest BCUT2D eigenvalue weighted by Gasteiger charge is 2.10. The fourth-order valence-corrected chi connectivity index (χ4v) is 2.55. The molecule has 2 rings (SSSR count). The van der Waals surface area contributed by atoms with Crippen LogP contribution in [0.3, 0.4) is 0 Å². The quantitative estimate of drug-likeness (QED) is 0.890. The van der Waals surface area contributed by atoms with Gasteiger partial charge in [-0.25, -0.2) is 0 Å². The summed E-state index contributed by atoms with van der Waals surface area (Å²) in [5.41, 5.74) is 0.874. The van der Waals surface area contributed by atoms with Crippen LogP contribution >= 0.6 is 0 Å². The number of nitrogens with two attached hydrogens (primary N) is 1. The summed E-state index contributed by atoms with van der Waals surface area (Å²) >= 11 is 0. The van der Waals surface area contributed by atoms with Gasteiger partial charge in [-0.05, 0) is 41.5 Å². The van der Waals surface area contributed by atoms with Crippen molar-refractivity contribution in [3.63, 3.8) is 0 Å². The maximum absolute atomic E-state index is 11.3. The molecule has 0 amide bonds. The van der Waals surface area contributed by atoms with Gasteiger partial charge in [-0.3, -0.25) is 9.35 Å². The lowest BCUT2D eigenvalue weighted by Gasteiger charge is -2.51. The van der Waals surface area contributed by atoms with Crippen molar-refractivity contribution in [3.8, 4) is 5.75 Å². The maximum Gasteiger partial charge on any atom is 0.122 e. The van der Waals surface area contributed by atoms with E-state index >= 15 is 0 Å². The van der Waals surface area contributed by atoms with Crippen molar-refractivity contribution < 1.29 is 18.1 Å². The molecule has 2 aromatic carbocycles. The van der Waals surface area contributed by atoms with Gasteiger partial charge in [0.05, 0.1) is 7.11 Å². The van der Waals surface area contributed by atoms with Gasteiger partial charge in [0, 0.05) is 4.90 Å². The van der Waals surface area contributed by atoms with Crippen molar-refractivity contribution in [2.24, 2.45) is 5.14 Å². The Labute approximate surface area is 105 Å². The molecular formula is C12H13NO4S-2. The number of rotatable bonds is 2. The molecule has 0 spiro atoms. The van der Waals surface area contributed by atoms with Gasteiger partial charge < -0.3 is 13.8 Å². The molecule has 0 radical (unpaired) electrons. The van der Waals surface area contributed by atoms with Crippen molar-refractivity contribution in [2.75, 3.05) is 7.11 Å². The van der Waals surface area contributed by atoms with Crippen LogP contribution in [-0.4, -0.2) is 20.4 Å². The first-order valence-electron chi connectivity index (χ1n) is 5.20. The molecule has 0 bridgehead atoms. The molecule has 0 unspecified atom stereocenters. The fraction of sp³-hybridized carbons (Fsp3) is 0.167. The summed E-state index contributed by atoms with van der Waals surface area (Å²) in [6.45, 7) is 1.85. The van der Waals surface area contributed by atoms with Gasteiger partial charge in [-0.2, -0.15) is 0 Å². The molecule has 0 saturated carbocycles. The van der Waals surface area contributed by atoms with Crippen LogP contribution in [0.4, 0.5) is 0 Å². The first-order chi connectivity index (χ1) is 8.19. The molecular weight excluding hydrogens is 254 g/mol. The summed E-state index contributed by atoms with van der Waals surface area (Å²) in [4.78, 5) is -0.427. The largest absolute Gasteiger partial charge is 0.785 e. The number of aryl methyl sites for hydroxylation is 1. The number of primary sulfonamides is 3. The fourth-order valence-electron chi connectivity index (χ4n) is 1.89. The summed E-state index contributed by atoms with van der Waals surface area (Å²) in [6, 6.07) is 7.44. The number of fused-ring (bicyclic) bond motifs is 1. The van der Waals surface area contributed by atoms with Crippen LogP contribution in [0.5, 0.6) is 5.75 Å². The lowest BCUT2D eigenvalue weighted by atomic mass is 10.0. The summed E-state index contributed by atoms with van der Waals surface area (Å²) in [5, 5.41) is 6.24. The van der Waals surface area contributed by atoms with E-state index in [1.54, 1.807) is 25.3 Å². The lowest BCUT2D eigenvalue weighted by molar-refractivity contribution is 0.359. The van der Waals surface area contributed by atoms with Crippen LogP contribution < -0.4 is 9.88 Å². The zero-order valence-electron chi connectivity index (χ0n) is 10.0. The molecule has 5 nitrogen and oxygen atoms in total. The molecule has 0 heterocycles. The number of hydrogen-bond donors (Lipinski definition) is 1. The predicted molar refractivity (Wildman–Crippen MR) is 67.4 cm³/mol. The van der Waals surface area contributed by atoms with Gasteiger partial charge in [0.2, 0.25) is 0 Å². The predicted octanol–water partition coefficient (Wildman–Crippen LogP) is 1.47. The van der Waals surface area contributed by atoms with Gasteiger partial charge in [0.1, 0.15) is 5.75 Å². The molecule has 2 aromatic rings. The Hall–Kier alpha value is -1.47. The number of benzene rings is 2. The molecule has 0 fully saturated rings. The molecule has 0 aliphatic heterocycles. The van der Waals surface area contributed by atoms with Crippen molar-refractivity contribution >= 4 is 20.6 Å². The molecule has 2 N–H and O–H groups in total. The van der Waals surface area contributed by atoms with Crippen LogP contribution in [0.15, 0.2) is 35.2 Å². The van der Waals surface area contributed by atoms with Crippen molar-refractivity contribution in [2.45, 2.75) is 11.8 Å². The smallest absolute Gasteiger partial charge is 0.122 e. The SMILES string of the molecule is COc1ccc2cc(S(N)(=O)([O-])[O-])ccc2c1C. The molecule has 0 aliphatic rings. The third-order valence-corrected chi connectivity index (χ3v) is 3.96. The van der Waals surface area contributed by atoms with E-state index in [4.69, 9.17) is 9.88 Å². The van der Waals surface area contributed by atoms with E-state index in [-0.39, 0.29) is 0 Å². The van der Waals surface area contributed by atoms with Gasteiger partial charge in [0.15, 0.2) is 0 Å². The molecule has 0 atom stereocenters. The molecule has 0 saturated heterocycles. The van der Waals surface area contributed by atoms with E-state index in [2.05, 4.69) is 0 Å². The minimum absolute atomic E-state index is 0.427. The van der Waals surface area contributed by atoms with Crippen LogP contribution in [-0.2, 0) is 9.81 Å². The third kappa shape index (κ3) is 2.23. The van der Waals surface area contributed by atoms with Gasteiger partial charge in [-0.15, -0.1) is 9.81 Å². The number of methoxy groups -OCH3 is 1. The van der Waals surface area contributed by atoms with Gasteiger partial charge >= 0.3 is 0 Å². The first-order valence-corrected chi connectivity index (χ1v) is 7.08. The first kappa shape index (κ1) is 13.0. The minimum Gasteiger partial charge on any atom is -0.785 e. The van der Waals surface area contributed by atoms with Gasteiger partial charge in [0.25, 0.3) is 0 Å². The van der Waals surface area contributed by atoms with E-state index in [1.165, 1.54) is 12.1 Å². The highest BCUT2D eigenvalue weighted by Crippen LogP contribution is 2.31. The standard InChI is InChI=1S/C12H15NO4S/c1-8-11-5-4-10(18(13,14,15)16)7-9(11)3-6-12(8)17-2/h3-7H,1-2H3,(H4,13,14,15,16)/p-2. The second-order valence-electron chi connectivity index (χ2n) is 4.14. The van der Waals surface area contributed by atoms with Crippen LogP contribution in [0, 0.1) is 6.92 Å². The van der Waals surface area contributed by atoms with E-state index < -0.39 is 14.7 Å². The topological polar surface area (TPSA) is 98.4 Å². The lowest BCUT2D eigenvalue weighted by Crippen LogP contribution is -2.41. The van der Waals surface area contributed by atoms with Crippen LogP contribution in [0.1, 0.15) is 5.56 Å². The van der Waals surface area contributed by atoms with Crippen LogP contribution in [0.25, 0.3) is 10.8 Å². The zero-order chi connectivity index (χ0) is 13.6. The maximum atomic E-state index is 11.3. The Balaban J connectivity index is 2.73. The van der Waals surface area contributed by atoms with Gasteiger partial charge in [-0.1, -0.05) is 12.1 Å². The van der Waals surface area contributed by atoms with E-state index in [9.17, 15) is 13.3 Å². The molecule has 0 aromatic heterocycles. The summed E-state index contributed by atoms with van der Waals surface area (Å²) < 4.78 is 39.0. The molecule has 18 heavy (non-hydrogen) atoms. The van der Waals surface area contributed by atoms with Crippen molar-refractivity contribution in [3.05, 3.63) is 35.9 Å². The Morgan fingerprint density at radius 1 is 1.22 bits per heavy atom. The molecule has 6 heteroatoms. The Kier molecular flexibility index (Phi) is 2.71. The number of ether oxygens (including phenoxy) is 1. The van der Waals surface area contributed by atoms with E-state index in [0.29, 0.717) is 11.1 Å². The molecule has 98 valence electrons. The second kappa shape index (κ2) is 3.76. The van der Waals surface area contributed by atoms with E-state index in [0.717, 1.165) is 10.9 Å². The number of hydrogen-bond acceptors (Lipinski definition) is 4. The Morgan fingerprint density at radius 3 is 2.44 bits per heavy atom. The average molecular weight is 267 g/mol. The zero-order valence-corrected chi connectivity index (χ0v) is 10.8. The van der Waals surface area contributed by atoms with Crippen LogP contribution in [0.2, 0.25) is 0 Å². The summed E-state index contributed by atoms with van der Waals surface area (Å²) in [6.07, 6.45) is 0. The Morgan fingerprint density at radius 2 is 1.89 bits per heavy atom. The minimum atomic E-state index is -5.69. The normalized spacial score (nSPS) is 14.2. The van der Waals surface area contributed by atoms with E-state index in [1.807, 2.05) is 6.92 Å².